The first-order valence-corrected chi connectivity index (χ1v) is 9.02. The first kappa shape index (κ1) is 15.9. The molecule has 1 aromatic rings. The Morgan fingerprint density at radius 2 is 2.10 bits per heavy atom. The number of rotatable bonds is 6. The van der Waals surface area contributed by atoms with E-state index in [1.54, 1.807) is 12.1 Å². The monoisotopic (exact) mass is 319 g/mol. The Hall–Kier alpha value is -0.470. The van der Waals surface area contributed by atoms with Crippen LogP contribution in [0, 0.1) is 5.41 Å². The molecule has 0 atom stereocenters. The van der Waals surface area contributed by atoms with Gasteiger partial charge in [-0.25, -0.2) is 13.1 Å². The largest absolute Gasteiger partial charge is 0.396 e. The van der Waals surface area contributed by atoms with Gasteiger partial charge in [0, 0.05) is 37.7 Å². The van der Waals surface area contributed by atoms with Crippen LogP contribution in [0.3, 0.4) is 0 Å². The van der Waals surface area contributed by atoms with Crippen molar-refractivity contribution in [1.82, 2.24) is 4.72 Å². The van der Waals surface area contributed by atoms with Gasteiger partial charge in [-0.15, -0.1) is 11.3 Å². The van der Waals surface area contributed by atoms with Gasteiger partial charge < -0.3 is 9.84 Å². The van der Waals surface area contributed by atoms with Crippen LogP contribution in [-0.2, 0) is 21.2 Å². The Kier molecular flexibility index (Phi) is 5.19. The Morgan fingerprint density at radius 1 is 1.40 bits per heavy atom. The summed E-state index contributed by atoms with van der Waals surface area (Å²) in [5.41, 5.74) is -0.0312. The zero-order valence-corrected chi connectivity index (χ0v) is 13.2. The molecule has 0 saturated carbocycles. The summed E-state index contributed by atoms with van der Waals surface area (Å²) in [6.45, 7) is 3.94. The Balaban J connectivity index is 1.99. The molecule has 1 aliphatic rings. The molecule has 0 radical (unpaired) electrons. The summed E-state index contributed by atoms with van der Waals surface area (Å²) in [6.07, 6.45) is 2.24. The van der Waals surface area contributed by atoms with Crippen molar-refractivity contribution in [3.05, 3.63) is 17.0 Å². The lowest BCUT2D eigenvalue weighted by molar-refractivity contribution is 0.0265. The van der Waals surface area contributed by atoms with Crippen molar-refractivity contribution in [1.29, 1.82) is 0 Å². The van der Waals surface area contributed by atoms with Gasteiger partial charge in [0.15, 0.2) is 0 Å². The second-order valence-corrected chi connectivity index (χ2v) is 8.60. The van der Waals surface area contributed by atoms with E-state index in [9.17, 15) is 8.42 Å². The summed E-state index contributed by atoms with van der Waals surface area (Å²) < 4.78 is 32.8. The smallest absolute Gasteiger partial charge is 0.250 e. The van der Waals surface area contributed by atoms with Gasteiger partial charge in [0.1, 0.15) is 4.21 Å². The molecule has 0 aromatic carbocycles. The molecule has 1 aromatic heterocycles. The molecule has 1 aliphatic heterocycles. The lowest BCUT2D eigenvalue weighted by atomic mass is 9.83. The fourth-order valence-corrected chi connectivity index (χ4v) is 4.72. The summed E-state index contributed by atoms with van der Waals surface area (Å²) in [5, 5.41) is 8.87. The van der Waals surface area contributed by atoms with E-state index < -0.39 is 10.0 Å². The quantitative estimate of drug-likeness (QED) is 0.830. The third-order valence-electron chi connectivity index (χ3n) is 3.65. The second-order valence-electron chi connectivity index (χ2n) is 5.44. The highest BCUT2D eigenvalue weighted by molar-refractivity contribution is 7.91. The molecule has 7 heteroatoms. The zero-order valence-electron chi connectivity index (χ0n) is 11.6. The molecule has 2 rings (SSSR count). The van der Waals surface area contributed by atoms with Crippen molar-refractivity contribution in [2.45, 2.75) is 30.4 Å². The summed E-state index contributed by atoms with van der Waals surface area (Å²) in [6, 6.07) is 3.36. The Labute approximate surface area is 124 Å². The number of aliphatic hydroxyl groups is 1. The number of thiophene rings is 1. The SMILES string of the molecule is CC1(CNS(=O)(=O)c2ccc(CCO)s2)CCOCC1. The van der Waals surface area contributed by atoms with Gasteiger partial charge >= 0.3 is 0 Å². The van der Waals surface area contributed by atoms with Crippen LogP contribution in [0.25, 0.3) is 0 Å². The lowest BCUT2D eigenvalue weighted by Gasteiger charge is -2.33. The summed E-state index contributed by atoms with van der Waals surface area (Å²) in [4.78, 5) is 0.880. The standard InChI is InChI=1S/C13H21NO4S2/c1-13(5-8-18-9-6-13)10-14-20(16,17)12-3-2-11(19-12)4-7-15/h2-3,14-15H,4-10H2,1H3. The van der Waals surface area contributed by atoms with Crippen LogP contribution in [0.2, 0.25) is 0 Å². The highest BCUT2D eigenvalue weighted by Gasteiger charge is 2.29. The van der Waals surface area contributed by atoms with E-state index in [1.807, 2.05) is 0 Å². The van der Waals surface area contributed by atoms with E-state index in [1.165, 1.54) is 11.3 Å². The van der Waals surface area contributed by atoms with Crippen LogP contribution in [0.5, 0.6) is 0 Å². The molecule has 0 aliphatic carbocycles. The average Bonchev–Trinajstić information content (AvgIpc) is 2.88. The van der Waals surface area contributed by atoms with E-state index in [-0.39, 0.29) is 12.0 Å². The number of sulfonamides is 1. The van der Waals surface area contributed by atoms with Crippen molar-refractivity contribution in [3.8, 4) is 0 Å². The Bertz CT molecular complexity index is 532. The second kappa shape index (κ2) is 6.53. The van der Waals surface area contributed by atoms with E-state index in [0.717, 1.165) is 17.7 Å². The van der Waals surface area contributed by atoms with Gasteiger partial charge in [-0.1, -0.05) is 6.92 Å². The van der Waals surface area contributed by atoms with Crippen LogP contribution in [0.15, 0.2) is 16.3 Å². The van der Waals surface area contributed by atoms with Gasteiger partial charge in [0.05, 0.1) is 0 Å². The van der Waals surface area contributed by atoms with Crippen molar-refractivity contribution in [3.63, 3.8) is 0 Å². The summed E-state index contributed by atoms with van der Waals surface area (Å²) >= 11 is 1.21. The van der Waals surface area contributed by atoms with E-state index >= 15 is 0 Å². The number of nitrogens with one attached hydrogen (secondary N) is 1. The molecular weight excluding hydrogens is 298 g/mol. The minimum absolute atomic E-state index is 0.0312. The lowest BCUT2D eigenvalue weighted by Crippen LogP contribution is -2.39. The molecule has 2 heterocycles. The molecule has 2 N–H and O–H groups in total. The van der Waals surface area contributed by atoms with Crippen LogP contribution >= 0.6 is 11.3 Å². The van der Waals surface area contributed by atoms with Gasteiger partial charge in [-0.2, -0.15) is 0 Å². The minimum atomic E-state index is -3.45. The van der Waals surface area contributed by atoms with Gasteiger partial charge in [0.25, 0.3) is 0 Å². The summed E-state index contributed by atoms with van der Waals surface area (Å²) in [7, 11) is -3.45. The van der Waals surface area contributed by atoms with Crippen LogP contribution in [0.4, 0.5) is 0 Å². The van der Waals surface area contributed by atoms with Crippen LogP contribution in [-0.4, -0.2) is 39.9 Å². The molecule has 1 fully saturated rings. The van der Waals surface area contributed by atoms with Crippen molar-refractivity contribution >= 4 is 21.4 Å². The molecule has 114 valence electrons. The third kappa shape index (κ3) is 4.02. The first-order valence-electron chi connectivity index (χ1n) is 6.72. The van der Waals surface area contributed by atoms with Crippen molar-refractivity contribution in [2.75, 3.05) is 26.4 Å². The van der Waals surface area contributed by atoms with E-state index in [0.29, 0.717) is 30.4 Å². The minimum Gasteiger partial charge on any atom is -0.396 e. The van der Waals surface area contributed by atoms with Crippen LogP contribution < -0.4 is 4.72 Å². The molecule has 0 unspecified atom stereocenters. The fourth-order valence-electron chi connectivity index (χ4n) is 2.13. The number of hydrogen-bond donors (Lipinski definition) is 2. The normalized spacial score (nSPS) is 19.1. The average molecular weight is 319 g/mol. The number of aliphatic hydroxyl groups excluding tert-OH is 1. The van der Waals surface area contributed by atoms with E-state index in [4.69, 9.17) is 9.84 Å². The number of hydrogen-bond acceptors (Lipinski definition) is 5. The predicted octanol–water partition coefficient (Wildman–Crippen LogP) is 1.38. The molecule has 1 saturated heterocycles. The molecule has 0 amide bonds. The topological polar surface area (TPSA) is 75.6 Å². The van der Waals surface area contributed by atoms with Crippen LogP contribution in [0.1, 0.15) is 24.6 Å². The van der Waals surface area contributed by atoms with E-state index in [2.05, 4.69) is 11.6 Å². The highest BCUT2D eigenvalue weighted by atomic mass is 32.2. The molecule has 0 bridgehead atoms. The van der Waals surface area contributed by atoms with Crippen molar-refractivity contribution < 1.29 is 18.3 Å². The molecular formula is C13H21NO4S2. The van der Waals surface area contributed by atoms with Gasteiger partial charge in [0.2, 0.25) is 10.0 Å². The fraction of sp³-hybridized carbons (Fsp3) is 0.692. The van der Waals surface area contributed by atoms with Crippen molar-refractivity contribution in [2.24, 2.45) is 5.41 Å². The third-order valence-corrected chi connectivity index (χ3v) is 6.69. The number of ether oxygens (including phenoxy) is 1. The highest BCUT2D eigenvalue weighted by Crippen LogP contribution is 2.30. The van der Waals surface area contributed by atoms with Gasteiger partial charge in [-0.3, -0.25) is 0 Å². The molecule has 0 spiro atoms. The summed E-state index contributed by atoms with van der Waals surface area (Å²) in [5.74, 6) is 0. The predicted molar refractivity (Wildman–Crippen MR) is 78.5 cm³/mol. The maximum atomic E-state index is 12.2. The maximum Gasteiger partial charge on any atom is 0.250 e. The molecule has 5 nitrogen and oxygen atoms in total. The first-order chi connectivity index (χ1) is 9.45. The van der Waals surface area contributed by atoms with Gasteiger partial charge in [-0.05, 0) is 30.4 Å². The zero-order chi connectivity index (χ0) is 14.6. The Morgan fingerprint density at radius 3 is 2.75 bits per heavy atom. The molecule has 20 heavy (non-hydrogen) atoms. The maximum absolute atomic E-state index is 12.2.